The molecule has 0 heterocycles. The monoisotopic (exact) mass is 270 g/mol. The molecule has 11 heavy (non-hydrogen) atoms. The standard InChI is InChI=1S/C8H15IO2/c1-7(9)5-3-4-6-8(10)11-2/h7H,3-6H2,1-2H3. The van der Waals surface area contributed by atoms with Crippen LogP contribution >= 0.6 is 22.6 Å². The number of alkyl halides is 1. The first kappa shape index (κ1) is 11.2. The van der Waals surface area contributed by atoms with Gasteiger partial charge in [0.15, 0.2) is 0 Å². The molecule has 0 aromatic heterocycles. The van der Waals surface area contributed by atoms with Crippen molar-refractivity contribution in [3.05, 3.63) is 0 Å². The van der Waals surface area contributed by atoms with Gasteiger partial charge in [-0.15, -0.1) is 0 Å². The SMILES string of the molecule is COC(=O)CCCCC(C)I. The van der Waals surface area contributed by atoms with Crippen LogP contribution in [0.3, 0.4) is 0 Å². The molecular weight excluding hydrogens is 255 g/mol. The minimum Gasteiger partial charge on any atom is -0.469 e. The number of ether oxygens (including phenoxy) is 1. The summed E-state index contributed by atoms with van der Waals surface area (Å²) < 4.78 is 5.23. The summed E-state index contributed by atoms with van der Waals surface area (Å²) in [6, 6.07) is 0. The fourth-order valence-corrected chi connectivity index (χ4v) is 1.24. The fraction of sp³-hybridized carbons (Fsp3) is 0.875. The lowest BCUT2D eigenvalue weighted by molar-refractivity contribution is -0.140. The molecule has 0 amide bonds. The second-order valence-electron chi connectivity index (χ2n) is 2.60. The molecule has 0 radical (unpaired) electrons. The molecular formula is C8H15IO2. The summed E-state index contributed by atoms with van der Waals surface area (Å²) in [6.07, 6.45) is 3.84. The van der Waals surface area contributed by atoms with Crippen LogP contribution in [0.2, 0.25) is 0 Å². The summed E-state index contributed by atoms with van der Waals surface area (Å²) in [5, 5.41) is 0. The maximum Gasteiger partial charge on any atom is 0.305 e. The Morgan fingerprint density at radius 1 is 1.55 bits per heavy atom. The van der Waals surface area contributed by atoms with E-state index in [0.29, 0.717) is 10.3 Å². The molecule has 0 saturated carbocycles. The highest BCUT2D eigenvalue weighted by Crippen LogP contribution is 2.10. The van der Waals surface area contributed by atoms with Gasteiger partial charge in [0.05, 0.1) is 7.11 Å². The zero-order valence-electron chi connectivity index (χ0n) is 7.10. The predicted molar refractivity (Wildman–Crippen MR) is 54.0 cm³/mol. The Morgan fingerprint density at radius 2 is 2.18 bits per heavy atom. The Hall–Kier alpha value is 0.200. The van der Waals surface area contributed by atoms with Gasteiger partial charge in [0, 0.05) is 10.3 Å². The summed E-state index contributed by atoms with van der Waals surface area (Å²) in [5.41, 5.74) is 0. The van der Waals surface area contributed by atoms with Gasteiger partial charge < -0.3 is 4.74 Å². The molecule has 0 spiro atoms. The molecule has 0 aromatic carbocycles. The highest BCUT2D eigenvalue weighted by Gasteiger charge is 2.00. The second kappa shape index (κ2) is 6.88. The highest BCUT2D eigenvalue weighted by molar-refractivity contribution is 14.1. The van der Waals surface area contributed by atoms with Crippen molar-refractivity contribution in [2.24, 2.45) is 0 Å². The largest absolute Gasteiger partial charge is 0.469 e. The summed E-state index contributed by atoms with van der Waals surface area (Å²) in [7, 11) is 1.43. The first-order chi connectivity index (χ1) is 5.16. The van der Waals surface area contributed by atoms with E-state index in [0.717, 1.165) is 12.8 Å². The number of rotatable bonds is 5. The van der Waals surface area contributed by atoms with Crippen molar-refractivity contribution in [1.29, 1.82) is 0 Å². The summed E-state index contributed by atoms with van der Waals surface area (Å²) >= 11 is 2.39. The van der Waals surface area contributed by atoms with Crippen molar-refractivity contribution in [3.8, 4) is 0 Å². The Morgan fingerprint density at radius 3 is 2.64 bits per heavy atom. The van der Waals surface area contributed by atoms with E-state index in [1.165, 1.54) is 13.5 Å². The van der Waals surface area contributed by atoms with Gasteiger partial charge in [-0.1, -0.05) is 35.9 Å². The van der Waals surface area contributed by atoms with Gasteiger partial charge in [-0.3, -0.25) is 4.79 Å². The third-order valence-electron chi connectivity index (χ3n) is 1.46. The molecule has 3 heteroatoms. The molecule has 0 N–H and O–H groups in total. The molecule has 0 bridgehead atoms. The lowest BCUT2D eigenvalue weighted by Crippen LogP contribution is -2.00. The molecule has 0 aliphatic rings. The van der Waals surface area contributed by atoms with E-state index < -0.39 is 0 Å². The van der Waals surface area contributed by atoms with Crippen LogP contribution < -0.4 is 0 Å². The van der Waals surface area contributed by atoms with Gasteiger partial charge in [0.2, 0.25) is 0 Å². The maximum atomic E-state index is 10.6. The van der Waals surface area contributed by atoms with Gasteiger partial charge in [-0.2, -0.15) is 0 Å². The van der Waals surface area contributed by atoms with Crippen molar-refractivity contribution < 1.29 is 9.53 Å². The zero-order valence-corrected chi connectivity index (χ0v) is 9.26. The fourth-order valence-electron chi connectivity index (χ4n) is 0.797. The molecule has 0 fully saturated rings. The van der Waals surface area contributed by atoms with Crippen LogP contribution in [0.15, 0.2) is 0 Å². The lowest BCUT2D eigenvalue weighted by Gasteiger charge is -2.01. The van der Waals surface area contributed by atoms with E-state index in [4.69, 9.17) is 0 Å². The number of hydrogen-bond donors (Lipinski definition) is 0. The van der Waals surface area contributed by atoms with Crippen LogP contribution in [0.5, 0.6) is 0 Å². The Bertz CT molecular complexity index is 113. The van der Waals surface area contributed by atoms with Crippen molar-refractivity contribution in [3.63, 3.8) is 0 Å². The number of methoxy groups -OCH3 is 1. The zero-order chi connectivity index (χ0) is 8.69. The van der Waals surface area contributed by atoms with Crippen LogP contribution in [0.25, 0.3) is 0 Å². The normalized spacial score (nSPS) is 12.6. The molecule has 0 aliphatic heterocycles. The third kappa shape index (κ3) is 8.10. The maximum absolute atomic E-state index is 10.6. The molecule has 1 atom stereocenters. The average Bonchev–Trinajstić information content (AvgIpc) is 1.97. The minimum atomic E-state index is -0.0916. The highest BCUT2D eigenvalue weighted by atomic mass is 127. The number of carbonyl (C=O) groups excluding carboxylic acids is 1. The number of unbranched alkanes of at least 4 members (excludes halogenated alkanes) is 1. The van der Waals surface area contributed by atoms with Crippen LogP contribution in [0.1, 0.15) is 32.6 Å². The summed E-state index contributed by atoms with van der Waals surface area (Å²) in [4.78, 5) is 10.6. The van der Waals surface area contributed by atoms with Crippen LogP contribution in [0, 0.1) is 0 Å². The molecule has 0 aliphatic carbocycles. The van der Waals surface area contributed by atoms with Gasteiger partial charge in [-0.25, -0.2) is 0 Å². The van der Waals surface area contributed by atoms with E-state index >= 15 is 0 Å². The molecule has 66 valence electrons. The van der Waals surface area contributed by atoms with Crippen molar-refractivity contribution >= 4 is 28.6 Å². The summed E-state index contributed by atoms with van der Waals surface area (Å²) in [6.45, 7) is 2.18. The Labute approximate surface area is 81.8 Å². The van der Waals surface area contributed by atoms with Gasteiger partial charge in [0.25, 0.3) is 0 Å². The average molecular weight is 270 g/mol. The molecule has 0 aromatic rings. The van der Waals surface area contributed by atoms with E-state index in [2.05, 4.69) is 34.3 Å². The van der Waals surface area contributed by atoms with Crippen LogP contribution in [0.4, 0.5) is 0 Å². The smallest absolute Gasteiger partial charge is 0.305 e. The van der Waals surface area contributed by atoms with E-state index in [1.54, 1.807) is 0 Å². The quantitative estimate of drug-likeness (QED) is 0.332. The van der Waals surface area contributed by atoms with Crippen molar-refractivity contribution in [1.82, 2.24) is 0 Å². The number of carbonyl (C=O) groups is 1. The van der Waals surface area contributed by atoms with Gasteiger partial charge in [0.1, 0.15) is 0 Å². The first-order valence-corrected chi connectivity index (χ1v) is 5.12. The van der Waals surface area contributed by atoms with Crippen molar-refractivity contribution in [2.75, 3.05) is 7.11 Å². The van der Waals surface area contributed by atoms with E-state index in [-0.39, 0.29) is 5.97 Å². The Kier molecular flexibility index (Phi) is 7.01. The number of hydrogen-bond acceptors (Lipinski definition) is 2. The lowest BCUT2D eigenvalue weighted by atomic mass is 10.2. The molecule has 0 saturated heterocycles. The predicted octanol–water partition coefficient (Wildman–Crippen LogP) is 2.54. The topological polar surface area (TPSA) is 26.3 Å². The first-order valence-electron chi connectivity index (χ1n) is 3.87. The third-order valence-corrected chi connectivity index (χ3v) is 2.08. The van der Waals surface area contributed by atoms with E-state index in [9.17, 15) is 4.79 Å². The van der Waals surface area contributed by atoms with Crippen LogP contribution in [-0.4, -0.2) is 17.0 Å². The van der Waals surface area contributed by atoms with E-state index in [1.807, 2.05) is 0 Å². The Balaban J connectivity index is 3.08. The molecule has 1 unspecified atom stereocenters. The molecule has 2 nitrogen and oxygen atoms in total. The summed E-state index contributed by atoms with van der Waals surface area (Å²) in [5.74, 6) is -0.0916. The van der Waals surface area contributed by atoms with Crippen molar-refractivity contribution in [2.45, 2.75) is 36.5 Å². The van der Waals surface area contributed by atoms with Gasteiger partial charge >= 0.3 is 5.97 Å². The number of esters is 1. The minimum absolute atomic E-state index is 0.0916. The van der Waals surface area contributed by atoms with Gasteiger partial charge in [-0.05, 0) is 12.8 Å². The number of halogens is 1. The second-order valence-corrected chi connectivity index (χ2v) is 4.73. The van der Waals surface area contributed by atoms with Crippen LogP contribution in [-0.2, 0) is 9.53 Å². The molecule has 0 rings (SSSR count).